The molecule has 0 saturated heterocycles. The van der Waals surface area contributed by atoms with Crippen molar-refractivity contribution in [3.63, 3.8) is 0 Å². The van der Waals surface area contributed by atoms with Crippen LogP contribution in [0.1, 0.15) is 5.69 Å². The average molecular weight is 273 g/mol. The van der Waals surface area contributed by atoms with Gasteiger partial charge in [-0.25, -0.2) is 4.98 Å². The topological polar surface area (TPSA) is 33.1 Å². The van der Waals surface area contributed by atoms with E-state index in [0.29, 0.717) is 5.69 Å². The fourth-order valence-corrected chi connectivity index (χ4v) is 2.96. The summed E-state index contributed by atoms with van der Waals surface area (Å²) in [6.45, 7) is -0.0112. The van der Waals surface area contributed by atoms with Crippen LogP contribution < -0.4 is 0 Å². The molecule has 1 heterocycles. The number of thiazole rings is 1. The zero-order chi connectivity index (χ0) is 6.85. The lowest BCUT2D eigenvalue weighted by molar-refractivity contribution is 0.277. The highest BCUT2D eigenvalue weighted by molar-refractivity contribution is 9.12. The Morgan fingerprint density at radius 1 is 1.56 bits per heavy atom. The van der Waals surface area contributed by atoms with Crippen LogP contribution in [0.5, 0.6) is 0 Å². The number of aromatic nitrogens is 1. The number of hydrogen-bond donors (Lipinski definition) is 1. The zero-order valence-corrected chi connectivity index (χ0v) is 8.25. The molecule has 0 aliphatic rings. The maximum absolute atomic E-state index is 8.63. The van der Waals surface area contributed by atoms with E-state index in [1.807, 2.05) is 0 Å². The summed E-state index contributed by atoms with van der Waals surface area (Å²) in [4.78, 5) is 3.97. The minimum absolute atomic E-state index is 0.0112. The van der Waals surface area contributed by atoms with Crippen molar-refractivity contribution >= 4 is 43.2 Å². The van der Waals surface area contributed by atoms with E-state index in [0.717, 1.165) is 7.70 Å². The van der Waals surface area contributed by atoms with Crippen molar-refractivity contribution < 1.29 is 5.11 Å². The first-order valence-electron chi connectivity index (χ1n) is 2.15. The van der Waals surface area contributed by atoms with Crippen LogP contribution in [-0.4, -0.2) is 10.1 Å². The van der Waals surface area contributed by atoms with Crippen molar-refractivity contribution in [3.8, 4) is 0 Å². The Bertz CT molecular complexity index is 212. The maximum Gasteiger partial charge on any atom is 0.160 e. The molecule has 0 atom stereocenters. The number of hydrogen-bond acceptors (Lipinski definition) is 3. The first-order chi connectivity index (χ1) is 4.24. The third-order valence-electron chi connectivity index (χ3n) is 0.773. The summed E-state index contributed by atoms with van der Waals surface area (Å²) in [5, 5.41) is 8.63. The number of halogens is 2. The molecule has 0 aromatic carbocycles. The minimum Gasteiger partial charge on any atom is -0.390 e. The smallest absolute Gasteiger partial charge is 0.160 e. The number of rotatable bonds is 1. The molecule has 1 rings (SSSR count). The lowest BCUT2D eigenvalue weighted by Crippen LogP contribution is -1.81. The summed E-state index contributed by atoms with van der Waals surface area (Å²) >= 11 is 7.89. The summed E-state index contributed by atoms with van der Waals surface area (Å²) in [6.07, 6.45) is 0. The van der Waals surface area contributed by atoms with Crippen molar-refractivity contribution in [2.75, 3.05) is 0 Å². The molecule has 0 aliphatic carbocycles. The Kier molecular flexibility index (Phi) is 2.63. The highest BCUT2D eigenvalue weighted by atomic mass is 79.9. The van der Waals surface area contributed by atoms with Gasteiger partial charge in [-0.3, -0.25) is 0 Å². The van der Waals surface area contributed by atoms with Crippen LogP contribution in [-0.2, 0) is 6.61 Å². The van der Waals surface area contributed by atoms with Gasteiger partial charge in [0.25, 0.3) is 0 Å². The van der Waals surface area contributed by atoms with Crippen LogP contribution in [0.4, 0.5) is 0 Å². The minimum atomic E-state index is -0.0112. The monoisotopic (exact) mass is 271 g/mol. The van der Waals surface area contributed by atoms with Gasteiger partial charge in [0.05, 0.1) is 16.1 Å². The van der Waals surface area contributed by atoms with Gasteiger partial charge in [-0.1, -0.05) is 11.3 Å². The molecule has 0 radical (unpaired) electrons. The molecule has 0 amide bonds. The second kappa shape index (κ2) is 3.09. The molecular weight excluding hydrogens is 270 g/mol. The third-order valence-corrected chi connectivity index (χ3v) is 3.05. The van der Waals surface area contributed by atoms with Crippen molar-refractivity contribution in [2.45, 2.75) is 6.61 Å². The molecule has 9 heavy (non-hydrogen) atoms. The molecular formula is C4H3Br2NOS. The summed E-state index contributed by atoms with van der Waals surface area (Å²) in [6, 6.07) is 0. The second-order valence-electron chi connectivity index (χ2n) is 1.35. The number of aliphatic hydroxyl groups excluding tert-OH is 1. The van der Waals surface area contributed by atoms with Gasteiger partial charge in [-0.15, -0.1) is 0 Å². The fourth-order valence-electron chi connectivity index (χ4n) is 0.403. The summed E-state index contributed by atoms with van der Waals surface area (Å²) < 4.78 is 1.68. The molecule has 0 unspecified atom stereocenters. The van der Waals surface area contributed by atoms with Crippen LogP contribution >= 0.6 is 43.2 Å². The van der Waals surface area contributed by atoms with Crippen LogP contribution in [0.2, 0.25) is 0 Å². The molecule has 50 valence electrons. The van der Waals surface area contributed by atoms with Crippen molar-refractivity contribution in [1.82, 2.24) is 4.98 Å². The largest absolute Gasteiger partial charge is 0.390 e. The van der Waals surface area contributed by atoms with E-state index in [1.54, 1.807) is 0 Å². The van der Waals surface area contributed by atoms with Crippen molar-refractivity contribution in [2.24, 2.45) is 0 Å². The summed E-state index contributed by atoms with van der Waals surface area (Å²) in [5.41, 5.74) is 0.687. The first kappa shape index (κ1) is 7.65. The Morgan fingerprint density at radius 3 is 2.44 bits per heavy atom. The van der Waals surface area contributed by atoms with Gasteiger partial charge in [0.15, 0.2) is 3.92 Å². The molecule has 0 saturated carbocycles. The van der Waals surface area contributed by atoms with E-state index in [-0.39, 0.29) is 6.61 Å². The van der Waals surface area contributed by atoms with Crippen LogP contribution in [0.3, 0.4) is 0 Å². The molecule has 5 heteroatoms. The Labute approximate surface area is 73.2 Å². The van der Waals surface area contributed by atoms with E-state index in [2.05, 4.69) is 36.8 Å². The molecule has 0 spiro atoms. The third kappa shape index (κ3) is 1.73. The van der Waals surface area contributed by atoms with Gasteiger partial charge in [0, 0.05) is 0 Å². The van der Waals surface area contributed by atoms with E-state index >= 15 is 0 Å². The zero-order valence-electron chi connectivity index (χ0n) is 4.27. The maximum atomic E-state index is 8.63. The van der Waals surface area contributed by atoms with E-state index in [9.17, 15) is 0 Å². The molecule has 0 bridgehead atoms. The second-order valence-corrected chi connectivity index (χ2v) is 4.94. The van der Waals surface area contributed by atoms with Crippen molar-refractivity contribution in [3.05, 3.63) is 13.4 Å². The Morgan fingerprint density at radius 2 is 2.22 bits per heavy atom. The Hall–Kier alpha value is 0.550. The highest BCUT2D eigenvalue weighted by Gasteiger charge is 2.03. The van der Waals surface area contributed by atoms with Gasteiger partial charge in [-0.05, 0) is 31.9 Å². The first-order valence-corrected chi connectivity index (χ1v) is 4.56. The predicted octanol–water partition coefficient (Wildman–Crippen LogP) is 2.16. The van der Waals surface area contributed by atoms with Gasteiger partial charge >= 0.3 is 0 Å². The molecule has 1 N–H and O–H groups in total. The standard InChI is InChI=1S/C4H3Br2NOS/c5-3-2(1-8)7-4(6)9-3/h8H,1H2. The molecule has 0 fully saturated rings. The normalized spacial score (nSPS) is 10.1. The van der Waals surface area contributed by atoms with E-state index in [4.69, 9.17) is 5.11 Å². The average Bonchev–Trinajstić information content (AvgIpc) is 2.10. The molecule has 1 aromatic heterocycles. The molecule has 1 aromatic rings. The summed E-state index contributed by atoms with van der Waals surface area (Å²) in [5.74, 6) is 0. The van der Waals surface area contributed by atoms with Gasteiger partial charge in [0.2, 0.25) is 0 Å². The predicted molar refractivity (Wildman–Crippen MR) is 43.4 cm³/mol. The van der Waals surface area contributed by atoms with Crippen molar-refractivity contribution in [1.29, 1.82) is 0 Å². The quantitative estimate of drug-likeness (QED) is 0.850. The number of aliphatic hydroxyl groups is 1. The lowest BCUT2D eigenvalue weighted by atomic mass is 10.5. The fraction of sp³-hybridized carbons (Fsp3) is 0.250. The molecule has 0 aliphatic heterocycles. The van der Waals surface area contributed by atoms with Crippen LogP contribution in [0.25, 0.3) is 0 Å². The number of nitrogens with zero attached hydrogens (tertiary/aromatic N) is 1. The van der Waals surface area contributed by atoms with Gasteiger partial charge < -0.3 is 5.11 Å². The highest BCUT2D eigenvalue weighted by Crippen LogP contribution is 2.27. The van der Waals surface area contributed by atoms with Crippen LogP contribution in [0.15, 0.2) is 7.70 Å². The van der Waals surface area contributed by atoms with Crippen LogP contribution in [0, 0.1) is 0 Å². The van der Waals surface area contributed by atoms with E-state index < -0.39 is 0 Å². The van der Waals surface area contributed by atoms with Gasteiger partial charge in [0.1, 0.15) is 0 Å². The molecule has 2 nitrogen and oxygen atoms in total. The Balaban J connectivity index is 3.01. The van der Waals surface area contributed by atoms with Gasteiger partial charge in [-0.2, -0.15) is 0 Å². The SMILES string of the molecule is OCc1nc(Br)sc1Br. The lowest BCUT2D eigenvalue weighted by Gasteiger charge is -1.83. The summed E-state index contributed by atoms with van der Waals surface area (Å²) in [7, 11) is 0. The van der Waals surface area contributed by atoms with E-state index in [1.165, 1.54) is 11.3 Å².